The molecular formula is C49H45N7O5. The molecule has 7 aromatic rings. The number of hydrogen-bond acceptors (Lipinski definition) is 7. The van der Waals surface area contributed by atoms with Gasteiger partial charge in [0.2, 0.25) is 16.8 Å². The first-order chi connectivity index (χ1) is 29.5. The summed E-state index contributed by atoms with van der Waals surface area (Å²) in [7, 11) is 0. The van der Waals surface area contributed by atoms with Gasteiger partial charge in [-0.25, -0.2) is 9.36 Å². The van der Waals surface area contributed by atoms with Crippen LogP contribution in [0.3, 0.4) is 0 Å². The van der Waals surface area contributed by atoms with Gasteiger partial charge in [-0.2, -0.15) is 10.2 Å². The fourth-order valence-corrected chi connectivity index (χ4v) is 8.01. The van der Waals surface area contributed by atoms with Crippen LogP contribution in [0.15, 0.2) is 137 Å². The molecule has 12 heteroatoms. The lowest BCUT2D eigenvalue weighted by atomic mass is 9.88. The van der Waals surface area contributed by atoms with Crippen LogP contribution in [-0.2, 0) is 17.6 Å². The van der Waals surface area contributed by atoms with Crippen molar-refractivity contribution >= 4 is 40.0 Å². The predicted molar refractivity (Wildman–Crippen MR) is 237 cm³/mol. The standard InChI is InChI=1S/C49H45N7O5/c1-29(2)36-20-13-21-37(43(36)52-48(60)44-42(57)27-31(4)55(53-44)34-16-6-5-7-17-34)30(3)26-32-14-12-18-35(28-32)56-41-23-11-9-19-38(41)46(58)45(54-56)49(61)51-40-25-24-33-15-8-10-22-39(33)50-47(40)59/h5-23,27-30,40H,24-26H2,1-4H3,(H,50,59)(H,51,61)(H,52,60). The minimum absolute atomic E-state index is 0.0529. The molecule has 1 aliphatic heterocycles. The van der Waals surface area contributed by atoms with Crippen molar-refractivity contribution in [1.29, 1.82) is 0 Å². The van der Waals surface area contributed by atoms with Gasteiger partial charge in [-0.3, -0.25) is 24.0 Å². The molecule has 3 heterocycles. The normalized spacial score (nSPS) is 14.2. The summed E-state index contributed by atoms with van der Waals surface area (Å²) >= 11 is 0. The average Bonchev–Trinajstić information content (AvgIpc) is 3.41. The largest absolute Gasteiger partial charge is 0.339 e. The van der Waals surface area contributed by atoms with Crippen LogP contribution in [0.1, 0.15) is 88.0 Å². The molecule has 0 aliphatic carbocycles. The zero-order valence-corrected chi connectivity index (χ0v) is 34.3. The van der Waals surface area contributed by atoms with Crippen LogP contribution >= 0.6 is 0 Å². The quantitative estimate of drug-likeness (QED) is 0.128. The zero-order valence-electron chi connectivity index (χ0n) is 34.3. The van der Waals surface area contributed by atoms with Gasteiger partial charge in [0.05, 0.1) is 22.3 Å². The van der Waals surface area contributed by atoms with Gasteiger partial charge in [-0.15, -0.1) is 0 Å². The Bertz CT molecular complexity index is 2960. The van der Waals surface area contributed by atoms with E-state index in [4.69, 9.17) is 0 Å². The lowest BCUT2D eigenvalue weighted by Gasteiger charge is -2.22. The number of aryl methyl sites for hydroxylation is 2. The highest BCUT2D eigenvalue weighted by molar-refractivity contribution is 6.04. The third kappa shape index (κ3) is 8.25. The van der Waals surface area contributed by atoms with Crippen molar-refractivity contribution in [3.8, 4) is 11.4 Å². The number of para-hydroxylation sites is 4. The number of amides is 3. The molecule has 61 heavy (non-hydrogen) atoms. The minimum Gasteiger partial charge on any atom is -0.339 e. The Morgan fingerprint density at radius 1 is 0.738 bits per heavy atom. The van der Waals surface area contributed by atoms with E-state index in [1.165, 1.54) is 6.07 Å². The van der Waals surface area contributed by atoms with E-state index in [2.05, 4.69) is 46.9 Å². The van der Waals surface area contributed by atoms with Crippen LogP contribution in [0.25, 0.3) is 22.3 Å². The van der Waals surface area contributed by atoms with E-state index in [0.29, 0.717) is 52.9 Å². The topological polar surface area (TPSA) is 157 Å². The van der Waals surface area contributed by atoms with Crippen LogP contribution in [-0.4, -0.2) is 43.3 Å². The molecule has 3 amide bonds. The second kappa shape index (κ2) is 17.0. The van der Waals surface area contributed by atoms with Crippen molar-refractivity contribution in [3.63, 3.8) is 0 Å². The number of hydrogen-bond donors (Lipinski definition) is 3. The van der Waals surface area contributed by atoms with Gasteiger partial charge < -0.3 is 16.0 Å². The SMILES string of the molecule is Cc1cc(=O)c(C(=O)Nc2c(C(C)C)cccc2C(C)Cc2cccc(-n3nc(C(=O)NC4CCc5ccccc5NC4=O)c(=O)c4ccccc43)c2)nn1-c1ccccc1. The van der Waals surface area contributed by atoms with Crippen molar-refractivity contribution in [3.05, 3.63) is 187 Å². The van der Waals surface area contributed by atoms with Crippen LogP contribution in [0.5, 0.6) is 0 Å². The summed E-state index contributed by atoms with van der Waals surface area (Å²) in [5, 5.41) is 18.2. The molecule has 0 bridgehead atoms. The predicted octanol–water partition coefficient (Wildman–Crippen LogP) is 7.65. The summed E-state index contributed by atoms with van der Waals surface area (Å²) in [6.45, 7) is 7.95. The summed E-state index contributed by atoms with van der Waals surface area (Å²) in [5.74, 6) is -1.76. The molecule has 12 nitrogen and oxygen atoms in total. The Morgan fingerprint density at radius 2 is 1.43 bits per heavy atom. The Morgan fingerprint density at radius 3 is 2.23 bits per heavy atom. The molecule has 0 saturated carbocycles. The Kier molecular flexibility index (Phi) is 11.2. The maximum Gasteiger partial charge on any atom is 0.280 e. The van der Waals surface area contributed by atoms with Crippen molar-refractivity contribution in [1.82, 2.24) is 24.9 Å². The molecule has 0 radical (unpaired) electrons. The molecule has 5 aromatic carbocycles. The molecule has 0 saturated heterocycles. The smallest absolute Gasteiger partial charge is 0.280 e. The fraction of sp³-hybridized carbons (Fsp3) is 0.204. The third-order valence-electron chi connectivity index (χ3n) is 11.1. The van der Waals surface area contributed by atoms with E-state index in [0.717, 1.165) is 27.9 Å². The lowest BCUT2D eigenvalue weighted by Crippen LogP contribution is -2.45. The van der Waals surface area contributed by atoms with Crippen molar-refractivity contribution < 1.29 is 14.4 Å². The number of anilines is 2. The van der Waals surface area contributed by atoms with Crippen molar-refractivity contribution in [2.45, 2.75) is 64.8 Å². The first-order valence-corrected chi connectivity index (χ1v) is 20.4. The Balaban J connectivity index is 1.08. The zero-order chi connectivity index (χ0) is 42.8. The van der Waals surface area contributed by atoms with Gasteiger partial charge in [0.15, 0.2) is 11.4 Å². The van der Waals surface area contributed by atoms with Gasteiger partial charge in [0, 0.05) is 23.1 Å². The minimum atomic E-state index is -0.865. The molecule has 1 aliphatic rings. The van der Waals surface area contributed by atoms with E-state index in [1.807, 2.05) is 97.1 Å². The Labute approximate surface area is 352 Å². The second-order valence-corrected chi connectivity index (χ2v) is 15.8. The molecule has 0 spiro atoms. The molecule has 2 atom stereocenters. The van der Waals surface area contributed by atoms with Crippen LogP contribution in [0.4, 0.5) is 11.4 Å². The van der Waals surface area contributed by atoms with Gasteiger partial charge >= 0.3 is 0 Å². The monoisotopic (exact) mass is 811 g/mol. The van der Waals surface area contributed by atoms with E-state index in [-0.39, 0.29) is 29.1 Å². The number of benzene rings is 5. The first-order valence-electron chi connectivity index (χ1n) is 20.4. The first kappa shape index (κ1) is 40.3. The summed E-state index contributed by atoms with van der Waals surface area (Å²) in [5.41, 5.74) is 5.98. The molecule has 2 unspecified atom stereocenters. The fourth-order valence-electron chi connectivity index (χ4n) is 8.01. The molecule has 8 rings (SSSR count). The maximum atomic E-state index is 14.0. The molecule has 306 valence electrons. The number of nitrogens with zero attached hydrogens (tertiary/aromatic N) is 4. The number of carbonyl (C=O) groups is 3. The highest BCUT2D eigenvalue weighted by Crippen LogP contribution is 2.35. The number of nitrogens with one attached hydrogen (secondary N) is 3. The van der Waals surface area contributed by atoms with Gasteiger partial charge in [0.1, 0.15) is 6.04 Å². The van der Waals surface area contributed by atoms with Gasteiger partial charge in [0.25, 0.3) is 11.8 Å². The van der Waals surface area contributed by atoms with E-state index < -0.39 is 28.7 Å². The number of carbonyl (C=O) groups excluding carboxylic acids is 3. The summed E-state index contributed by atoms with van der Waals surface area (Å²) in [6.07, 6.45) is 1.47. The molecule has 3 N–H and O–H groups in total. The van der Waals surface area contributed by atoms with E-state index in [1.54, 1.807) is 40.6 Å². The highest BCUT2D eigenvalue weighted by Gasteiger charge is 2.28. The highest BCUT2D eigenvalue weighted by atomic mass is 16.2. The summed E-state index contributed by atoms with van der Waals surface area (Å²) < 4.78 is 3.18. The average molecular weight is 812 g/mol. The van der Waals surface area contributed by atoms with Crippen LogP contribution in [0, 0.1) is 6.92 Å². The number of fused-ring (bicyclic) bond motifs is 2. The summed E-state index contributed by atoms with van der Waals surface area (Å²) in [4.78, 5) is 68.0. The van der Waals surface area contributed by atoms with E-state index >= 15 is 0 Å². The van der Waals surface area contributed by atoms with Crippen molar-refractivity contribution in [2.75, 3.05) is 10.6 Å². The second-order valence-electron chi connectivity index (χ2n) is 15.8. The van der Waals surface area contributed by atoms with Gasteiger partial charge in [-0.1, -0.05) is 99.6 Å². The van der Waals surface area contributed by atoms with Gasteiger partial charge in [-0.05, 0) is 103 Å². The lowest BCUT2D eigenvalue weighted by molar-refractivity contribution is -0.118. The molecule has 2 aromatic heterocycles. The Hall–Kier alpha value is -7.47. The third-order valence-corrected chi connectivity index (χ3v) is 11.1. The van der Waals surface area contributed by atoms with Crippen molar-refractivity contribution in [2.24, 2.45) is 0 Å². The van der Waals surface area contributed by atoms with Crippen LogP contribution in [0.2, 0.25) is 0 Å². The van der Waals surface area contributed by atoms with E-state index in [9.17, 15) is 24.0 Å². The maximum absolute atomic E-state index is 14.0. The number of rotatable bonds is 10. The molecule has 0 fully saturated rings. The molecular weight excluding hydrogens is 767 g/mol. The number of aromatic nitrogens is 4. The summed E-state index contributed by atoms with van der Waals surface area (Å²) in [6, 6.07) is 38.0. The van der Waals surface area contributed by atoms with Crippen LogP contribution < -0.4 is 26.8 Å².